The van der Waals surface area contributed by atoms with Gasteiger partial charge in [-0.2, -0.15) is 0 Å². The van der Waals surface area contributed by atoms with Crippen LogP contribution in [0.5, 0.6) is 0 Å². The van der Waals surface area contributed by atoms with E-state index in [0.29, 0.717) is 12.2 Å². The zero-order chi connectivity index (χ0) is 13.6. The molecule has 1 aromatic heterocycles. The highest BCUT2D eigenvalue weighted by atomic mass is 32.2. The Morgan fingerprint density at radius 1 is 1.50 bits per heavy atom. The lowest BCUT2D eigenvalue weighted by Gasteiger charge is -2.09. The normalized spacial score (nSPS) is 11.2. The lowest BCUT2D eigenvalue weighted by atomic mass is 10.2. The predicted molar refractivity (Wildman–Crippen MR) is 67.1 cm³/mol. The number of aromatic carboxylic acids is 1. The van der Waals surface area contributed by atoms with E-state index < -0.39 is 16.0 Å². The first kappa shape index (κ1) is 14.4. The lowest BCUT2D eigenvalue weighted by Crippen LogP contribution is -2.29. The van der Waals surface area contributed by atoms with E-state index in [1.165, 1.54) is 18.5 Å². The van der Waals surface area contributed by atoms with Crippen molar-refractivity contribution < 1.29 is 18.3 Å². The van der Waals surface area contributed by atoms with Crippen molar-refractivity contribution in [3.05, 3.63) is 24.0 Å². The second-order valence-electron chi connectivity index (χ2n) is 3.47. The van der Waals surface area contributed by atoms with Crippen LogP contribution >= 0.6 is 0 Å². The minimum atomic E-state index is -3.32. The molecule has 0 spiro atoms. The Bertz CT molecular complexity index is 516. The smallest absolute Gasteiger partial charge is 0.337 e. The average Bonchev–Trinajstić information content (AvgIpc) is 2.29. The maximum absolute atomic E-state index is 11.4. The molecular weight excluding hydrogens is 258 g/mol. The molecular formula is C10H15N3O4S. The van der Waals surface area contributed by atoms with Gasteiger partial charge in [-0.25, -0.2) is 17.9 Å². The molecule has 0 aliphatic rings. The number of sulfonamides is 1. The molecule has 0 atom stereocenters. The summed E-state index contributed by atoms with van der Waals surface area (Å²) >= 11 is 0. The van der Waals surface area contributed by atoms with Gasteiger partial charge in [0.15, 0.2) is 0 Å². The van der Waals surface area contributed by atoms with Gasteiger partial charge in [-0.3, -0.25) is 4.98 Å². The van der Waals surface area contributed by atoms with E-state index in [9.17, 15) is 13.2 Å². The highest BCUT2D eigenvalue weighted by molar-refractivity contribution is 7.89. The van der Waals surface area contributed by atoms with Crippen LogP contribution in [0.3, 0.4) is 0 Å². The van der Waals surface area contributed by atoms with Crippen molar-refractivity contribution in [3.8, 4) is 0 Å². The standard InChI is InChI=1S/C10H15N3O4S/c1-2-13-18(16,17)6-5-12-9-7-11-4-3-8(9)10(14)15/h3-4,7,12-13H,2,5-6H2,1H3,(H,14,15). The van der Waals surface area contributed by atoms with Crippen LogP contribution in [0, 0.1) is 0 Å². The summed E-state index contributed by atoms with van der Waals surface area (Å²) in [7, 11) is -3.32. The quantitative estimate of drug-likeness (QED) is 0.651. The van der Waals surface area contributed by atoms with Gasteiger partial charge in [0.05, 0.1) is 23.2 Å². The number of rotatable bonds is 7. The summed E-state index contributed by atoms with van der Waals surface area (Å²) in [4.78, 5) is 14.7. The van der Waals surface area contributed by atoms with E-state index in [2.05, 4.69) is 15.0 Å². The second kappa shape index (κ2) is 6.31. The van der Waals surface area contributed by atoms with Crippen LogP contribution in [0.4, 0.5) is 5.69 Å². The van der Waals surface area contributed by atoms with Crippen molar-refractivity contribution in [1.29, 1.82) is 0 Å². The first-order valence-corrected chi connectivity index (χ1v) is 7.00. The highest BCUT2D eigenvalue weighted by Gasteiger charge is 2.11. The Kier molecular flexibility index (Phi) is 5.05. The van der Waals surface area contributed by atoms with Gasteiger partial charge in [0.1, 0.15) is 0 Å². The van der Waals surface area contributed by atoms with Crippen LogP contribution in [0.2, 0.25) is 0 Å². The fraction of sp³-hybridized carbons (Fsp3) is 0.400. The maximum Gasteiger partial charge on any atom is 0.337 e. The Hall–Kier alpha value is -1.67. The van der Waals surface area contributed by atoms with Crippen molar-refractivity contribution in [3.63, 3.8) is 0 Å². The van der Waals surface area contributed by atoms with Gasteiger partial charge < -0.3 is 10.4 Å². The minimum Gasteiger partial charge on any atom is -0.478 e. The van der Waals surface area contributed by atoms with E-state index in [0.717, 1.165) is 0 Å². The van der Waals surface area contributed by atoms with E-state index >= 15 is 0 Å². The van der Waals surface area contributed by atoms with Gasteiger partial charge in [-0.1, -0.05) is 6.92 Å². The number of carboxylic acid groups (broad SMARTS) is 1. The fourth-order valence-corrected chi connectivity index (χ4v) is 2.29. The molecule has 0 amide bonds. The molecule has 0 fully saturated rings. The van der Waals surface area contributed by atoms with E-state index in [-0.39, 0.29) is 17.9 Å². The molecule has 0 aromatic carbocycles. The highest BCUT2D eigenvalue weighted by Crippen LogP contribution is 2.12. The van der Waals surface area contributed by atoms with Gasteiger partial charge in [0.2, 0.25) is 10.0 Å². The van der Waals surface area contributed by atoms with Gasteiger partial charge in [-0.15, -0.1) is 0 Å². The fourth-order valence-electron chi connectivity index (χ4n) is 1.33. The van der Waals surface area contributed by atoms with Crippen LogP contribution in [0.15, 0.2) is 18.5 Å². The number of carbonyl (C=O) groups is 1. The van der Waals surface area contributed by atoms with Crippen molar-refractivity contribution in [2.75, 3.05) is 24.2 Å². The molecule has 3 N–H and O–H groups in total. The first-order valence-electron chi connectivity index (χ1n) is 5.35. The third-order valence-electron chi connectivity index (χ3n) is 2.10. The maximum atomic E-state index is 11.4. The number of hydrogen-bond acceptors (Lipinski definition) is 5. The molecule has 1 heterocycles. The molecule has 1 aromatic rings. The molecule has 0 bridgehead atoms. The number of pyridine rings is 1. The number of carboxylic acids is 1. The first-order chi connectivity index (χ1) is 8.46. The summed E-state index contributed by atoms with van der Waals surface area (Å²) in [5, 5.41) is 11.7. The Labute approximate surface area is 105 Å². The molecule has 0 radical (unpaired) electrons. The molecule has 0 aliphatic carbocycles. The molecule has 0 unspecified atom stereocenters. The van der Waals surface area contributed by atoms with Gasteiger partial charge >= 0.3 is 5.97 Å². The Morgan fingerprint density at radius 2 is 2.22 bits per heavy atom. The third-order valence-corrected chi connectivity index (χ3v) is 3.57. The summed E-state index contributed by atoms with van der Waals surface area (Å²) in [6.07, 6.45) is 2.72. The van der Waals surface area contributed by atoms with E-state index in [4.69, 9.17) is 5.11 Å². The molecule has 0 saturated carbocycles. The Balaban J connectivity index is 2.62. The van der Waals surface area contributed by atoms with Crippen LogP contribution in [-0.2, 0) is 10.0 Å². The van der Waals surface area contributed by atoms with Crippen molar-refractivity contribution >= 4 is 21.7 Å². The second-order valence-corrected chi connectivity index (χ2v) is 5.40. The lowest BCUT2D eigenvalue weighted by molar-refractivity contribution is 0.0698. The Morgan fingerprint density at radius 3 is 2.83 bits per heavy atom. The molecule has 0 saturated heterocycles. The van der Waals surface area contributed by atoms with Crippen LogP contribution < -0.4 is 10.0 Å². The number of anilines is 1. The number of aromatic nitrogens is 1. The SMILES string of the molecule is CCNS(=O)(=O)CCNc1cnccc1C(=O)O. The van der Waals surface area contributed by atoms with E-state index in [1.54, 1.807) is 6.92 Å². The van der Waals surface area contributed by atoms with Crippen LogP contribution in [0.25, 0.3) is 0 Å². The minimum absolute atomic E-state index is 0.0610. The number of nitrogens with zero attached hydrogens (tertiary/aromatic N) is 1. The van der Waals surface area contributed by atoms with Gasteiger partial charge in [0.25, 0.3) is 0 Å². The average molecular weight is 273 g/mol. The number of nitrogens with one attached hydrogen (secondary N) is 2. The summed E-state index contributed by atoms with van der Waals surface area (Å²) in [5.41, 5.74) is 0.363. The zero-order valence-corrected chi connectivity index (χ0v) is 10.7. The molecule has 0 aliphatic heterocycles. The summed E-state index contributed by atoms with van der Waals surface area (Å²) in [6.45, 7) is 2.13. The van der Waals surface area contributed by atoms with Crippen LogP contribution in [0.1, 0.15) is 17.3 Å². The monoisotopic (exact) mass is 273 g/mol. The zero-order valence-electron chi connectivity index (χ0n) is 9.88. The van der Waals surface area contributed by atoms with Crippen molar-refractivity contribution in [2.24, 2.45) is 0 Å². The van der Waals surface area contributed by atoms with Crippen molar-refractivity contribution in [1.82, 2.24) is 9.71 Å². The third kappa shape index (κ3) is 4.30. The largest absolute Gasteiger partial charge is 0.478 e. The summed E-state index contributed by atoms with van der Waals surface area (Å²) in [5.74, 6) is -1.22. The number of hydrogen-bond donors (Lipinski definition) is 3. The molecule has 7 nitrogen and oxygen atoms in total. The topological polar surface area (TPSA) is 108 Å². The van der Waals surface area contributed by atoms with Gasteiger partial charge in [-0.05, 0) is 6.07 Å². The van der Waals surface area contributed by atoms with Crippen molar-refractivity contribution in [2.45, 2.75) is 6.92 Å². The summed E-state index contributed by atoms with van der Waals surface area (Å²) < 4.78 is 25.1. The molecule has 1 rings (SSSR count). The predicted octanol–water partition coefficient (Wildman–Crippen LogP) is 0.131. The molecule has 100 valence electrons. The van der Waals surface area contributed by atoms with Gasteiger partial charge in [0, 0.05) is 19.3 Å². The molecule has 8 heteroatoms. The van der Waals surface area contributed by atoms with Crippen LogP contribution in [-0.4, -0.2) is 43.3 Å². The van der Waals surface area contributed by atoms with E-state index in [1.807, 2.05) is 0 Å². The summed E-state index contributed by atoms with van der Waals surface area (Å²) in [6, 6.07) is 1.35. The molecule has 18 heavy (non-hydrogen) atoms.